The number of aliphatic hydroxyl groups excluding tert-OH is 1. The lowest BCUT2D eigenvalue weighted by molar-refractivity contribution is 0.117. The van der Waals surface area contributed by atoms with Crippen LogP contribution in [0.4, 0.5) is 0 Å². The second kappa shape index (κ2) is 4.81. The molecule has 1 aliphatic heterocycles. The van der Waals surface area contributed by atoms with Crippen LogP contribution in [-0.4, -0.2) is 17.3 Å². The minimum Gasteiger partial charge on any atom is -0.390 e. The molecule has 0 aliphatic carbocycles. The van der Waals surface area contributed by atoms with E-state index in [0.29, 0.717) is 5.92 Å². The minimum absolute atomic E-state index is 0.0372. The zero-order valence-corrected chi connectivity index (χ0v) is 9.54. The highest BCUT2D eigenvalue weighted by molar-refractivity contribution is 5.22. The van der Waals surface area contributed by atoms with Crippen molar-refractivity contribution in [3.63, 3.8) is 0 Å². The molecule has 2 heteroatoms. The SMILES string of the molecule is C=C[C@H](C)C[C@@H](O)[C@H]1O[C@H]1c1ccccc1. The van der Waals surface area contributed by atoms with Gasteiger partial charge in [-0.1, -0.05) is 43.3 Å². The van der Waals surface area contributed by atoms with Crippen molar-refractivity contribution in [3.8, 4) is 0 Å². The normalized spacial score (nSPS) is 27.1. The molecule has 0 saturated carbocycles. The zero-order chi connectivity index (χ0) is 11.5. The third-order valence-corrected chi connectivity index (χ3v) is 3.05. The van der Waals surface area contributed by atoms with Crippen LogP contribution in [0.1, 0.15) is 25.0 Å². The summed E-state index contributed by atoms with van der Waals surface area (Å²) in [6.45, 7) is 5.77. The Bertz CT molecular complexity index is 347. The molecule has 86 valence electrons. The summed E-state index contributed by atoms with van der Waals surface area (Å²) in [6, 6.07) is 10.0. The Labute approximate surface area is 96.6 Å². The van der Waals surface area contributed by atoms with Crippen LogP contribution < -0.4 is 0 Å². The number of hydrogen-bond donors (Lipinski definition) is 1. The summed E-state index contributed by atoms with van der Waals surface area (Å²) in [5, 5.41) is 9.95. The van der Waals surface area contributed by atoms with Gasteiger partial charge in [-0.3, -0.25) is 0 Å². The van der Waals surface area contributed by atoms with Gasteiger partial charge in [0.1, 0.15) is 12.2 Å². The van der Waals surface area contributed by atoms with Crippen molar-refractivity contribution in [3.05, 3.63) is 48.6 Å². The monoisotopic (exact) mass is 218 g/mol. The fraction of sp³-hybridized carbons (Fsp3) is 0.429. The van der Waals surface area contributed by atoms with Crippen LogP contribution in [0.2, 0.25) is 0 Å². The van der Waals surface area contributed by atoms with Gasteiger partial charge in [0.2, 0.25) is 0 Å². The topological polar surface area (TPSA) is 32.8 Å². The van der Waals surface area contributed by atoms with E-state index in [2.05, 4.69) is 13.5 Å². The Morgan fingerprint density at radius 2 is 2.12 bits per heavy atom. The smallest absolute Gasteiger partial charge is 0.115 e. The number of ether oxygens (including phenoxy) is 1. The van der Waals surface area contributed by atoms with Crippen LogP contribution in [-0.2, 0) is 4.74 Å². The number of epoxide rings is 1. The first-order valence-corrected chi connectivity index (χ1v) is 5.73. The third-order valence-electron chi connectivity index (χ3n) is 3.05. The van der Waals surface area contributed by atoms with E-state index in [1.807, 2.05) is 36.4 Å². The average Bonchev–Trinajstić information content (AvgIpc) is 3.10. The molecule has 0 radical (unpaired) electrons. The predicted molar refractivity (Wildman–Crippen MR) is 64.0 cm³/mol. The summed E-state index contributed by atoms with van der Waals surface area (Å²) in [7, 11) is 0. The molecule has 4 atom stereocenters. The maximum atomic E-state index is 9.95. The highest BCUT2D eigenvalue weighted by atomic mass is 16.6. The van der Waals surface area contributed by atoms with E-state index in [0.717, 1.165) is 12.0 Å². The zero-order valence-electron chi connectivity index (χ0n) is 9.54. The third kappa shape index (κ3) is 2.52. The van der Waals surface area contributed by atoms with Gasteiger partial charge in [-0.05, 0) is 17.9 Å². The number of allylic oxidation sites excluding steroid dienone is 1. The molecule has 1 aromatic carbocycles. The van der Waals surface area contributed by atoms with Crippen LogP contribution in [0.3, 0.4) is 0 Å². The first-order chi connectivity index (χ1) is 7.72. The van der Waals surface area contributed by atoms with Gasteiger partial charge in [-0.25, -0.2) is 0 Å². The van der Waals surface area contributed by atoms with Crippen LogP contribution in [0.5, 0.6) is 0 Å². The van der Waals surface area contributed by atoms with Gasteiger partial charge < -0.3 is 9.84 Å². The largest absolute Gasteiger partial charge is 0.390 e. The van der Waals surface area contributed by atoms with Crippen molar-refractivity contribution in [2.45, 2.75) is 31.7 Å². The molecule has 1 saturated heterocycles. The van der Waals surface area contributed by atoms with Crippen molar-refractivity contribution < 1.29 is 9.84 Å². The second-order valence-corrected chi connectivity index (χ2v) is 4.45. The molecular weight excluding hydrogens is 200 g/mol. The average molecular weight is 218 g/mol. The van der Waals surface area contributed by atoms with E-state index in [9.17, 15) is 5.11 Å². The summed E-state index contributed by atoms with van der Waals surface area (Å²) in [5.74, 6) is 0.329. The fourth-order valence-corrected chi connectivity index (χ4v) is 1.94. The quantitative estimate of drug-likeness (QED) is 0.609. The molecule has 16 heavy (non-hydrogen) atoms. The Kier molecular flexibility index (Phi) is 3.42. The Balaban J connectivity index is 1.89. The molecule has 0 amide bonds. The van der Waals surface area contributed by atoms with Gasteiger partial charge in [0.25, 0.3) is 0 Å². The molecule has 0 bridgehead atoms. The van der Waals surface area contributed by atoms with Gasteiger partial charge in [0.15, 0.2) is 0 Å². The van der Waals surface area contributed by atoms with Crippen LogP contribution in [0, 0.1) is 5.92 Å². The van der Waals surface area contributed by atoms with Gasteiger partial charge >= 0.3 is 0 Å². The molecule has 2 nitrogen and oxygen atoms in total. The van der Waals surface area contributed by atoms with Gasteiger partial charge in [0, 0.05) is 0 Å². The lowest BCUT2D eigenvalue weighted by Crippen LogP contribution is -2.17. The summed E-state index contributed by atoms with van der Waals surface area (Å²) in [5.41, 5.74) is 1.15. The summed E-state index contributed by atoms with van der Waals surface area (Å²) in [4.78, 5) is 0. The molecule has 1 N–H and O–H groups in total. The molecule has 0 aromatic heterocycles. The standard InChI is InChI=1S/C14H18O2/c1-3-10(2)9-12(15)14-13(16-14)11-7-5-4-6-8-11/h3-8,10,12-15H,1,9H2,2H3/t10-,12+,13-,14+/m0/s1. The summed E-state index contributed by atoms with van der Waals surface area (Å²) >= 11 is 0. The van der Waals surface area contributed by atoms with E-state index >= 15 is 0 Å². The second-order valence-electron chi connectivity index (χ2n) is 4.45. The fourth-order valence-electron chi connectivity index (χ4n) is 1.94. The van der Waals surface area contributed by atoms with Gasteiger partial charge in [-0.15, -0.1) is 6.58 Å². The van der Waals surface area contributed by atoms with Crippen molar-refractivity contribution in [1.82, 2.24) is 0 Å². The van der Waals surface area contributed by atoms with Gasteiger partial charge in [-0.2, -0.15) is 0 Å². The predicted octanol–water partition coefficient (Wildman–Crippen LogP) is 2.70. The van der Waals surface area contributed by atoms with Crippen molar-refractivity contribution >= 4 is 0 Å². The van der Waals surface area contributed by atoms with E-state index in [1.54, 1.807) is 0 Å². The van der Waals surface area contributed by atoms with Crippen molar-refractivity contribution in [2.75, 3.05) is 0 Å². The molecule has 2 rings (SSSR count). The number of hydrogen-bond acceptors (Lipinski definition) is 2. The maximum absolute atomic E-state index is 9.95. The number of aliphatic hydroxyl groups is 1. The summed E-state index contributed by atoms with van der Waals surface area (Å²) in [6.07, 6.45) is 2.23. The Hall–Kier alpha value is -1.12. The maximum Gasteiger partial charge on any atom is 0.115 e. The molecule has 1 aliphatic rings. The first-order valence-electron chi connectivity index (χ1n) is 5.73. The first kappa shape index (κ1) is 11.4. The Morgan fingerprint density at radius 1 is 1.44 bits per heavy atom. The minimum atomic E-state index is -0.391. The van der Waals surface area contributed by atoms with Gasteiger partial charge in [0.05, 0.1) is 6.10 Å². The Morgan fingerprint density at radius 3 is 2.75 bits per heavy atom. The molecule has 1 fully saturated rings. The van der Waals surface area contributed by atoms with E-state index in [1.165, 1.54) is 0 Å². The highest BCUT2D eigenvalue weighted by Gasteiger charge is 2.45. The van der Waals surface area contributed by atoms with Crippen LogP contribution >= 0.6 is 0 Å². The number of benzene rings is 1. The molecular formula is C14H18O2. The van der Waals surface area contributed by atoms with Crippen molar-refractivity contribution in [2.24, 2.45) is 5.92 Å². The van der Waals surface area contributed by atoms with E-state index in [4.69, 9.17) is 4.74 Å². The molecule has 1 heterocycles. The van der Waals surface area contributed by atoms with Crippen LogP contribution in [0.15, 0.2) is 43.0 Å². The lowest BCUT2D eigenvalue weighted by Gasteiger charge is -2.10. The summed E-state index contributed by atoms with van der Waals surface area (Å²) < 4.78 is 5.53. The van der Waals surface area contributed by atoms with Crippen LogP contribution in [0.25, 0.3) is 0 Å². The van der Waals surface area contributed by atoms with E-state index in [-0.39, 0.29) is 12.2 Å². The molecule has 1 aromatic rings. The highest BCUT2D eigenvalue weighted by Crippen LogP contribution is 2.41. The van der Waals surface area contributed by atoms with Crippen molar-refractivity contribution in [1.29, 1.82) is 0 Å². The number of rotatable bonds is 5. The lowest BCUT2D eigenvalue weighted by atomic mass is 9.99. The molecule has 0 spiro atoms. The van der Waals surface area contributed by atoms with E-state index < -0.39 is 6.10 Å². The molecule has 0 unspecified atom stereocenters.